The lowest BCUT2D eigenvalue weighted by Crippen LogP contribution is -2.30. The average Bonchev–Trinajstić information content (AvgIpc) is 2.61. The number of methoxy groups -OCH3 is 1. The Bertz CT molecular complexity index is 882. The van der Waals surface area contributed by atoms with Crippen molar-refractivity contribution < 1.29 is 17.9 Å². The van der Waals surface area contributed by atoms with Crippen molar-refractivity contribution in [2.75, 3.05) is 30.8 Å². The number of hydrogen-bond donors (Lipinski definition) is 1. The third-order valence-electron chi connectivity index (χ3n) is 3.77. The SMILES string of the molecule is COCCNC(=O)c1ccc(N(Cc2c(Cl)cccc2Cl)S(C)(=O)=O)cc1. The lowest BCUT2D eigenvalue weighted by molar-refractivity contribution is 0.0937. The van der Waals surface area contributed by atoms with Crippen LogP contribution in [0.1, 0.15) is 15.9 Å². The maximum atomic E-state index is 12.3. The predicted octanol–water partition coefficient (Wildman–Crippen LogP) is 3.34. The van der Waals surface area contributed by atoms with Crippen molar-refractivity contribution in [3.63, 3.8) is 0 Å². The second-order valence-electron chi connectivity index (χ2n) is 5.77. The number of anilines is 1. The molecule has 2 rings (SSSR count). The third kappa shape index (κ3) is 5.84. The molecule has 27 heavy (non-hydrogen) atoms. The predicted molar refractivity (Wildman–Crippen MR) is 108 cm³/mol. The van der Waals surface area contributed by atoms with E-state index >= 15 is 0 Å². The maximum Gasteiger partial charge on any atom is 0.251 e. The molecule has 0 heterocycles. The summed E-state index contributed by atoms with van der Waals surface area (Å²) < 4.78 is 30.7. The largest absolute Gasteiger partial charge is 0.383 e. The van der Waals surface area contributed by atoms with Gasteiger partial charge in [-0.05, 0) is 36.4 Å². The zero-order valence-electron chi connectivity index (χ0n) is 14.9. The molecule has 0 aliphatic rings. The number of nitrogens with zero attached hydrogens (tertiary/aromatic N) is 1. The Balaban J connectivity index is 2.26. The summed E-state index contributed by atoms with van der Waals surface area (Å²) in [4.78, 5) is 12.0. The molecular weight excluding hydrogens is 411 g/mol. The van der Waals surface area contributed by atoms with Gasteiger partial charge in [-0.3, -0.25) is 9.10 Å². The van der Waals surface area contributed by atoms with Crippen molar-refractivity contribution in [2.45, 2.75) is 6.54 Å². The number of rotatable bonds is 8. The first kappa shape index (κ1) is 21.5. The van der Waals surface area contributed by atoms with Gasteiger partial charge in [0, 0.05) is 34.8 Å². The van der Waals surface area contributed by atoms with Gasteiger partial charge in [-0.1, -0.05) is 29.3 Å². The van der Waals surface area contributed by atoms with Gasteiger partial charge in [0.15, 0.2) is 0 Å². The second-order valence-corrected chi connectivity index (χ2v) is 8.49. The van der Waals surface area contributed by atoms with Gasteiger partial charge in [-0.15, -0.1) is 0 Å². The quantitative estimate of drug-likeness (QED) is 0.651. The number of hydrogen-bond acceptors (Lipinski definition) is 4. The van der Waals surface area contributed by atoms with Crippen LogP contribution in [-0.2, 0) is 21.3 Å². The van der Waals surface area contributed by atoms with Gasteiger partial charge >= 0.3 is 0 Å². The molecule has 2 aromatic rings. The van der Waals surface area contributed by atoms with Gasteiger partial charge < -0.3 is 10.1 Å². The lowest BCUT2D eigenvalue weighted by Gasteiger charge is -2.23. The Labute approximate surface area is 169 Å². The second kappa shape index (κ2) is 9.41. The summed E-state index contributed by atoms with van der Waals surface area (Å²) in [5, 5.41) is 3.46. The zero-order valence-corrected chi connectivity index (χ0v) is 17.2. The van der Waals surface area contributed by atoms with Gasteiger partial charge in [-0.2, -0.15) is 0 Å². The Morgan fingerprint density at radius 1 is 1.11 bits per heavy atom. The van der Waals surface area contributed by atoms with Crippen molar-refractivity contribution in [3.05, 3.63) is 63.6 Å². The van der Waals surface area contributed by atoms with E-state index in [0.717, 1.165) is 6.26 Å². The van der Waals surface area contributed by atoms with E-state index < -0.39 is 10.0 Å². The van der Waals surface area contributed by atoms with Crippen LogP contribution in [0.2, 0.25) is 10.0 Å². The number of carbonyl (C=O) groups excluding carboxylic acids is 1. The summed E-state index contributed by atoms with van der Waals surface area (Å²) in [5.41, 5.74) is 1.33. The van der Waals surface area contributed by atoms with Crippen LogP contribution >= 0.6 is 23.2 Å². The van der Waals surface area contributed by atoms with E-state index in [9.17, 15) is 13.2 Å². The molecule has 1 amide bonds. The van der Waals surface area contributed by atoms with E-state index in [-0.39, 0.29) is 12.5 Å². The first-order valence-corrected chi connectivity index (χ1v) is 10.6. The molecule has 0 radical (unpaired) electrons. The highest BCUT2D eigenvalue weighted by atomic mass is 35.5. The van der Waals surface area contributed by atoms with Crippen LogP contribution in [0.15, 0.2) is 42.5 Å². The van der Waals surface area contributed by atoms with Crippen LogP contribution in [-0.4, -0.2) is 40.8 Å². The van der Waals surface area contributed by atoms with Crippen LogP contribution in [0.3, 0.4) is 0 Å². The fourth-order valence-electron chi connectivity index (χ4n) is 2.37. The third-order valence-corrected chi connectivity index (χ3v) is 5.62. The molecule has 0 aliphatic heterocycles. The van der Waals surface area contributed by atoms with Crippen LogP contribution in [0.5, 0.6) is 0 Å². The van der Waals surface area contributed by atoms with E-state index in [1.54, 1.807) is 49.6 Å². The molecule has 0 fully saturated rings. The molecule has 0 bridgehead atoms. The molecule has 0 saturated carbocycles. The number of benzene rings is 2. The van der Waals surface area contributed by atoms with E-state index in [0.29, 0.717) is 40.0 Å². The fourth-order valence-corrected chi connectivity index (χ4v) is 3.76. The number of ether oxygens (including phenoxy) is 1. The number of halogens is 2. The monoisotopic (exact) mass is 430 g/mol. The summed E-state index contributed by atoms with van der Waals surface area (Å²) in [6.45, 7) is 0.776. The van der Waals surface area contributed by atoms with E-state index in [1.807, 2.05) is 0 Å². The molecule has 0 spiro atoms. The summed E-state index contributed by atoms with van der Waals surface area (Å²) in [5.74, 6) is -0.265. The Morgan fingerprint density at radius 3 is 2.22 bits per heavy atom. The molecule has 0 aromatic heterocycles. The number of nitrogens with one attached hydrogen (secondary N) is 1. The molecule has 0 unspecified atom stereocenters. The average molecular weight is 431 g/mol. The molecule has 0 saturated heterocycles. The summed E-state index contributed by atoms with van der Waals surface area (Å²) >= 11 is 12.3. The highest BCUT2D eigenvalue weighted by Crippen LogP contribution is 2.29. The van der Waals surface area contributed by atoms with Crippen LogP contribution in [0.4, 0.5) is 5.69 Å². The molecule has 6 nitrogen and oxygen atoms in total. The minimum atomic E-state index is -3.60. The van der Waals surface area contributed by atoms with Crippen LogP contribution < -0.4 is 9.62 Å². The van der Waals surface area contributed by atoms with Crippen molar-refractivity contribution in [3.8, 4) is 0 Å². The Morgan fingerprint density at radius 2 is 1.70 bits per heavy atom. The molecule has 0 aliphatic carbocycles. The van der Waals surface area contributed by atoms with Gasteiger partial charge in [-0.25, -0.2) is 8.42 Å². The van der Waals surface area contributed by atoms with Crippen LogP contribution in [0.25, 0.3) is 0 Å². The molecule has 0 atom stereocenters. The number of amides is 1. The van der Waals surface area contributed by atoms with E-state index in [2.05, 4.69) is 5.32 Å². The summed E-state index contributed by atoms with van der Waals surface area (Å²) in [7, 11) is -2.05. The first-order chi connectivity index (χ1) is 12.7. The van der Waals surface area contributed by atoms with Gasteiger partial charge in [0.2, 0.25) is 10.0 Å². The maximum absolute atomic E-state index is 12.3. The summed E-state index contributed by atoms with van der Waals surface area (Å²) in [6.07, 6.45) is 1.10. The topological polar surface area (TPSA) is 75.7 Å². The smallest absolute Gasteiger partial charge is 0.251 e. The van der Waals surface area contributed by atoms with E-state index in [4.69, 9.17) is 27.9 Å². The Hall–Kier alpha value is -1.80. The minimum absolute atomic E-state index is 0.0171. The molecule has 1 N–H and O–H groups in total. The van der Waals surface area contributed by atoms with Crippen molar-refractivity contribution in [1.82, 2.24) is 5.32 Å². The number of sulfonamides is 1. The van der Waals surface area contributed by atoms with Crippen LogP contribution in [0, 0.1) is 0 Å². The van der Waals surface area contributed by atoms with Gasteiger partial charge in [0.1, 0.15) is 0 Å². The molecule has 146 valence electrons. The highest BCUT2D eigenvalue weighted by molar-refractivity contribution is 7.92. The van der Waals surface area contributed by atoms with Gasteiger partial charge in [0.25, 0.3) is 5.91 Å². The number of carbonyl (C=O) groups is 1. The Kier molecular flexibility index (Phi) is 7.49. The van der Waals surface area contributed by atoms with Crippen molar-refractivity contribution >= 4 is 44.8 Å². The standard InChI is InChI=1S/C18H20Cl2N2O4S/c1-26-11-10-21-18(23)13-6-8-14(9-7-13)22(27(2,24)25)12-15-16(19)4-3-5-17(15)20/h3-9H,10-12H2,1-2H3,(H,21,23). The van der Waals surface area contributed by atoms with E-state index in [1.165, 1.54) is 4.31 Å². The molecular formula is C18H20Cl2N2O4S. The highest BCUT2D eigenvalue weighted by Gasteiger charge is 2.21. The first-order valence-electron chi connectivity index (χ1n) is 8.02. The van der Waals surface area contributed by atoms with Gasteiger partial charge in [0.05, 0.1) is 25.1 Å². The minimum Gasteiger partial charge on any atom is -0.383 e. The summed E-state index contributed by atoms with van der Waals surface area (Å²) in [6, 6.07) is 11.2. The molecule has 9 heteroatoms. The van der Waals surface area contributed by atoms with Crippen molar-refractivity contribution in [2.24, 2.45) is 0 Å². The van der Waals surface area contributed by atoms with Crippen molar-refractivity contribution in [1.29, 1.82) is 0 Å². The molecule has 2 aromatic carbocycles. The normalized spacial score (nSPS) is 11.3. The zero-order chi connectivity index (χ0) is 20.0. The lowest BCUT2D eigenvalue weighted by atomic mass is 10.1. The fraction of sp³-hybridized carbons (Fsp3) is 0.278.